The highest BCUT2D eigenvalue weighted by molar-refractivity contribution is 5.90. The van der Waals surface area contributed by atoms with Crippen LogP contribution in [0.4, 0.5) is 5.69 Å². The summed E-state index contributed by atoms with van der Waals surface area (Å²) in [6.07, 6.45) is 0.789. The number of carbonyl (C=O) groups is 2. The molecule has 0 radical (unpaired) electrons. The molecule has 1 rings (SSSR count). The summed E-state index contributed by atoms with van der Waals surface area (Å²) >= 11 is 0. The predicted octanol–water partition coefficient (Wildman–Crippen LogP) is 2.58. The molecule has 1 amide bonds. The van der Waals surface area contributed by atoms with Crippen molar-refractivity contribution in [1.82, 2.24) is 0 Å². The van der Waals surface area contributed by atoms with E-state index < -0.39 is 0 Å². The van der Waals surface area contributed by atoms with E-state index in [-0.39, 0.29) is 5.91 Å². The minimum atomic E-state index is -0.132. The fraction of sp³-hybridized carbons (Fsp3) is 0.333. The fourth-order valence-electron chi connectivity index (χ4n) is 1.35. The van der Waals surface area contributed by atoms with Gasteiger partial charge in [0.25, 0.3) is 0 Å². The van der Waals surface area contributed by atoms with Crippen molar-refractivity contribution in [3.05, 3.63) is 29.3 Å². The van der Waals surface area contributed by atoms with Gasteiger partial charge >= 0.3 is 0 Å². The molecular weight excluding hydrogens is 190 g/mol. The molecule has 0 aliphatic carbocycles. The Labute approximate surface area is 89.5 Å². The lowest BCUT2D eigenvalue weighted by Crippen LogP contribution is -2.06. The van der Waals surface area contributed by atoms with Gasteiger partial charge in [-0.1, -0.05) is 13.8 Å². The highest BCUT2D eigenvalue weighted by Gasteiger charge is 2.04. The van der Waals surface area contributed by atoms with Gasteiger partial charge in [0.2, 0.25) is 5.91 Å². The Morgan fingerprint density at radius 1 is 1.33 bits per heavy atom. The Bertz CT molecular complexity index is 383. The third-order valence-electron chi connectivity index (χ3n) is 2.10. The van der Waals surface area contributed by atoms with Gasteiger partial charge in [0.1, 0.15) is 6.29 Å². The lowest BCUT2D eigenvalue weighted by Gasteiger charge is -2.09. The molecule has 15 heavy (non-hydrogen) atoms. The predicted molar refractivity (Wildman–Crippen MR) is 60.2 cm³/mol. The van der Waals surface area contributed by atoms with Gasteiger partial charge in [0.05, 0.1) is 0 Å². The highest BCUT2D eigenvalue weighted by Crippen LogP contribution is 2.20. The minimum absolute atomic E-state index is 0.132. The zero-order valence-electron chi connectivity index (χ0n) is 9.20. The van der Waals surface area contributed by atoms with Gasteiger partial charge in [-0.05, 0) is 29.7 Å². The van der Waals surface area contributed by atoms with Gasteiger partial charge in [0.15, 0.2) is 0 Å². The van der Waals surface area contributed by atoms with E-state index in [2.05, 4.69) is 5.32 Å². The molecule has 3 heteroatoms. The van der Waals surface area contributed by atoms with Gasteiger partial charge in [-0.3, -0.25) is 9.59 Å². The van der Waals surface area contributed by atoms with Crippen LogP contribution in [0, 0.1) is 0 Å². The van der Waals surface area contributed by atoms with Crippen LogP contribution in [0.3, 0.4) is 0 Å². The number of hydrogen-bond donors (Lipinski definition) is 1. The Kier molecular flexibility index (Phi) is 3.61. The molecule has 0 unspecified atom stereocenters. The molecule has 1 aromatic carbocycles. The topological polar surface area (TPSA) is 46.2 Å². The van der Waals surface area contributed by atoms with Crippen molar-refractivity contribution in [1.29, 1.82) is 0 Å². The molecule has 3 nitrogen and oxygen atoms in total. The van der Waals surface area contributed by atoms with Crippen molar-refractivity contribution in [2.75, 3.05) is 5.32 Å². The first kappa shape index (κ1) is 11.4. The van der Waals surface area contributed by atoms with E-state index in [4.69, 9.17) is 0 Å². The van der Waals surface area contributed by atoms with E-state index >= 15 is 0 Å². The van der Waals surface area contributed by atoms with Crippen LogP contribution in [0.25, 0.3) is 0 Å². The number of carbonyl (C=O) groups excluding carboxylic acids is 2. The zero-order valence-corrected chi connectivity index (χ0v) is 9.20. The average Bonchev–Trinajstić information content (AvgIpc) is 2.16. The molecule has 0 atom stereocenters. The maximum Gasteiger partial charge on any atom is 0.221 e. The van der Waals surface area contributed by atoms with Crippen LogP contribution < -0.4 is 5.32 Å². The van der Waals surface area contributed by atoms with E-state index in [1.54, 1.807) is 6.07 Å². The van der Waals surface area contributed by atoms with Gasteiger partial charge in [0, 0.05) is 18.2 Å². The van der Waals surface area contributed by atoms with Gasteiger partial charge in [-0.2, -0.15) is 0 Å². The Morgan fingerprint density at radius 2 is 2.00 bits per heavy atom. The molecule has 0 aliphatic rings. The molecule has 0 saturated carbocycles. The lowest BCUT2D eigenvalue weighted by molar-refractivity contribution is -0.114. The fourth-order valence-corrected chi connectivity index (χ4v) is 1.35. The van der Waals surface area contributed by atoms with Crippen molar-refractivity contribution >= 4 is 17.9 Å². The second-order valence-corrected chi connectivity index (χ2v) is 3.84. The summed E-state index contributed by atoms with van der Waals surface area (Å²) in [5.74, 6) is 0.199. The first-order valence-corrected chi connectivity index (χ1v) is 4.90. The van der Waals surface area contributed by atoms with Gasteiger partial charge < -0.3 is 5.32 Å². The third kappa shape index (κ3) is 3.20. The van der Waals surface area contributed by atoms with Crippen LogP contribution in [0.15, 0.2) is 18.2 Å². The van der Waals surface area contributed by atoms with Crippen LogP contribution >= 0.6 is 0 Å². The smallest absolute Gasteiger partial charge is 0.221 e. The number of amides is 1. The largest absolute Gasteiger partial charge is 0.326 e. The monoisotopic (exact) mass is 205 g/mol. The van der Waals surface area contributed by atoms with Gasteiger partial charge in [-0.25, -0.2) is 0 Å². The molecule has 80 valence electrons. The number of nitrogens with one attached hydrogen (secondary N) is 1. The van der Waals surface area contributed by atoms with E-state index in [9.17, 15) is 9.59 Å². The van der Waals surface area contributed by atoms with Crippen LogP contribution in [0.5, 0.6) is 0 Å². The summed E-state index contributed by atoms with van der Waals surface area (Å²) in [6.45, 7) is 5.53. The van der Waals surface area contributed by atoms with Crippen LogP contribution in [0.1, 0.15) is 42.6 Å². The number of anilines is 1. The van der Waals surface area contributed by atoms with Crippen LogP contribution in [-0.2, 0) is 4.79 Å². The summed E-state index contributed by atoms with van der Waals surface area (Å²) in [5, 5.41) is 2.68. The molecule has 0 heterocycles. The molecule has 0 aliphatic heterocycles. The second-order valence-electron chi connectivity index (χ2n) is 3.84. The second kappa shape index (κ2) is 4.73. The Morgan fingerprint density at radius 3 is 2.47 bits per heavy atom. The number of rotatable bonds is 3. The Hall–Kier alpha value is -1.64. The third-order valence-corrected chi connectivity index (χ3v) is 2.10. The highest BCUT2D eigenvalue weighted by atomic mass is 16.1. The summed E-state index contributed by atoms with van der Waals surface area (Å²) in [6, 6.07) is 5.39. The Balaban J connectivity index is 3.10. The minimum Gasteiger partial charge on any atom is -0.326 e. The maximum atomic E-state index is 10.9. The van der Waals surface area contributed by atoms with E-state index in [1.807, 2.05) is 26.0 Å². The molecule has 0 spiro atoms. The molecule has 0 fully saturated rings. The number of hydrogen-bond acceptors (Lipinski definition) is 2. The first-order chi connectivity index (χ1) is 7.02. The van der Waals surface area contributed by atoms with E-state index in [1.165, 1.54) is 6.92 Å². The van der Waals surface area contributed by atoms with Crippen LogP contribution in [-0.4, -0.2) is 12.2 Å². The maximum absolute atomic E-state index is 10.9. The van der Waals surface area contributed by atoms with Crippen molar-refractivity contribution < 1.29 is 9.59 Å². The first-order valence-electron chi connectivity index (χ1n) is 4.90. The summed E-state index contributed by atoms with van der Waals surface area (Å²) in [4.78, 5) is 21.6. The van der Waals surface area contributed by atoms with Crippen LogP contribution in [0.2, 0.25) is 0 Å². The number of benzene rings is 1. The standard InChI is InChI=1S/C12H15NO2/c1-8(2)11-4-10(7-14)5-12(6-11)13-9(3)15/h4-8H,1-3H3,(H,13,15). The SMILES string of the molecule is CC(=O)Nc1cc(C=O)cc(C(C)C)c1. The molecule has 1 aromatic rings. The average molecular weight is 205 g/mol. The zero-order chi connectivity index (χ0) is 11.4. The van der Waals surface area contributed by atoms with Crippen molar-refractivity contribution in [2.45, 2.75) is 26.7 Å². The molecule has 0 bridgehead atoms. The molecule has 0 aromatic heterocycles. The van der Waals surface area contributed by atoms with Crippen molar-refractivity contribution in [3.8, 4) is 0 Å². The van der Waals surface area contributed by atoms with Crippen molar-refractivity contribution in [3.63, 3.8) is 0 Å². The quantitative estimate of drug-likeness (QED) is 0.771. The summed E-state index contributed by atoms with van der Waals surface area (Å²) in [5.41, 5.74) is 2.31. The lowest BCUT2D eigenvalue weighted by atomic mass is 10.0. The molecule has 0 saturated heterocycles. The van der Waals surface area contributed by atoms with E-state index in [0.29, 0.717) is 17.2 Å². The summed E-state index contributed by atoms with van der Waals surface area (Å²) in [7, 11) is 0. The van der Waals surface area contributed by atoms with Crippen molar-refractivity contribution in [2.24, 2.45) is 0 Å². The number of aldehydes is 1. The van der Waals surface area contributed by atoms with E-state index in [0.717, 1.165) is 11.8 Å². The normalized spacial score (nSPS) is 10.1. The summed E-state index contributed by atoms with van der Waals surface area (Å²) < 4.78 is 0. The molecule has 1 N–H and O–H groups in total. The van der Waals surface area contributed by atoms with Gasteiger partial charge in [-0.15, -0.1) is 0 Å². The molecular formula is C12H15NO2.